The maximum absolute atomic E-state index is 15.0. The third-order valence-electron chi connectivity index (χ3n) is 6.30. The zero-order valence-electron chi connectivity index (χ0n) is 18.9. The van der Waals surface area contributed by atoms with Crippen LogP contribution in [0, 0.1) is 11.6 Å². The van der Waals surface area contributed by atoms with Crippen molar-refractivity contribution in [3.8, 4) is 11.1 Å². The summed E-state index contributed by atoms with van der Waals surface area (Å²) in [6.07, 6.45) is 6.88. The van der Waals surface area contributed by atoms with E-state index in [4.69, 9.17) is 4.74 Å². The van der Waals surface area contributed by atoms with Gasteiger partial charge in [0.05, 0.1) is 24.7 Å². The zero-order valence-corrected chi connectivity index (χ0v) is 18.9. The lowest BCUT2D eigenvalue weighted by Gasteiger charge is -2.23. The Morgan fingerprint density at radius 2 is 1.91 bits per heavy atom. The van der Waals surface area contributed by atoms with E-state index in [9.17, 15) is 13.6 Å². The Morgan fingerprint density at radius 3 is 2.65 bits per heavy atom. The summed E-state index contributed by atoms with van der Waals surface area (Å²) in [5.74, 6) is -0.892. The molecule has 5 rings (SSSR count). The van der Waals surface area contributed by atoms with Crippen molar-refractivity contribution in [1.82, 2.24) is 19.7 Å². The van der Waals surface area contributed by atoms with Crippen molar-refractivity contribution >= 4 is 16.8 Å². The molecule has 0 spiro atoms. The molecule has 1 aliphatic heterocycles. The molecule has 2 aromatic heterocycles. The molecule has 0 saturated carbocycles. The fraction of sp³-hybridized carbons (Fsp3) is 0.308. The van der Waals surface area contributed by atoms with Crippen LogP contribution in [0.5, 0.6) is 0 Å². The van der Waals surface area contributed by atoms with Gasteiger partial charge in [-0.2, -0.15) is 5.10 Å². The number of nitrogens with one attached hydrogen (secondary N) is 1. The Bertz CT molecular complexity index is 1340. The SMILES string of the molecule is Cn1cc(-c2ccc(Cn3cc(CC(=O)NC4CCOCC4)c4c(F)cccc43)c(F)c2)cn1. The standard InChI is InChI=1S/C26H26F2N4O2/c1-31-14-20(13-29-31)17-5-6-18(23(28)11-17)15-32-16-19(26-22(27)3-2-4-24(26)32)12-25(33)30-21-7-9-34-10-8-21/h2-6,11,13-14,16,21H,7-10,12,15H2,1H3,(H,30,33). The lowest BCUT2D eigenvalue weighted by atomic mass is 10.1. The quantitative estimate of drug-likeness (QED) is 0.465. The van der Waals surface area contributed by atoms with Gasteiger partial charge < -0.3 is 14.6 Å². The van der Waals surface area contributed by atoms with Crippen LogP contribution >= 0.6 is 0 Å². The number of benzene rings is 2. The van der Waals surface area contributed by atoms with Crippen molar-refractivity contribution in [3.63, 3.8) is 0 Å². The summed E-state index contributed by atoms with van der Waals surface area (Å²) in [5.41, 5.74) is 3.27. The van der Waals surface area contributed by atoms with Crippen molar-refractivity contribution in [2.24, 2.45) is 7.05 Å². The molecule has 1 fully saturated rings. The molecular weight excluding hydrogens is 438 g/mol. The van der Waals surface area contributed by atoms with Crippen LogP contribution in [0.1, 0.15) is 24.0 Å². The fourth-order valence-electron chi connectivity index (χ4n) is 4.56. The number of hydrogen-bond donors (Lipinski definition) is 1. The van der Waals surface area contributed by atoms with Crippen molar-refractivity contribution in [3.05, 3.63) is 77.8 Å². The number of carbonyl (C=O) groups excluding carboxylic acids is 1. The smallest absolute Gasteiger partial charge is 0.224 e. The van der Waals surface area contributed by atoms with Crippen LogP contribution in [0.3, 0.4) is 0 Å². The maximum Gasteiger partial charge on any atom is 0.224 e. The summed E-state index contributed by atoms with van der Waals surface area (Å²) < 4.78 is 38.6. The largest absolute Gasteiger partial charge is 0.381 e. The highest BCUT2D eigenvalue weighted by Crippen LogP contribution is 2.27. The monoisotopic (exact) mass is 464 g/mol. The van der Waals surface area contributed by atoms with Crippen LogP contribution in [0.25, 0.3) is 22.0 Å². The average molecular weight is 465 g/mol. The predicted molar refractivity (Wildman–Crippen MR) is 125 cm³/mol. The molecule has 1 amide bonds. The van der Waals surface area contributed by atoms with Crippen molar-refractivity contribution in [2.75, 3.05) is 13.2 Å². The first-order chi connectivity index (χ1) is 16.5. The normalized spacial score (nSPS) is 14.6. The summed E-state index contributed by atoms with van der Waals surface area (Å²) in [6.45, 7) is 1.48. The Labute approximate surface area is 196 Å². The van der Waals surface area contributed by atoms with Crippen LogP contribution in [-0.4, -0.2) is 39.5 Å². The molecule has 0 bridgehead atoms. The molecule has 6 nitrogen and oxygen atoms in total. The van der Waals surface area contributed by atoms with Gasteiger partial charge in [0.2, 0.25) is 5.91 Å². The Kier molecular flexibility index (Phi) is 6.15. The van der Waals surface area contributed by atoms with Gasteiger partial charge in [-0.3, -0.25) is 9.48 Å². The van der Waals surface area contributed by atoms with E-state index in [2.05, 4.69) is 10.4 Å². The molecule has 4 aromatic rings. The van der Waals surface area contributed by atoms with Gasteiger partial charge in [0, 0.05) is 55.2 Å². The molecule has 8 heteroatoms. The van der Waals surface area contributed by atoms with Crippen molar-refractivity contribution < 1.29 is 18.3 Å². The van der Waals surface area contributed by atoms with E-state index in [0.29, 0.717) is 35.2 Å². The van der Waals surface area contributed by atoms with E-state index in [1.54, 1.807) is 39.8 Å². The molecule has 0 aliphatic carbocycles. The van der Waals surface area contributed by atoms with E-state index in [0.717, 1.165) is 24.0 Å². The van der Waals surface area contributed by atoms with Crippen LogP contribution in [0.2, 0.25) is 0 Å². The lowest BCUT2D eigenvalue weighted by molar-refractivity contribution is -0.121. The summed E-state index contributed by atoms with van der Waals surface area (Å²) >= 11 is 0. The van der Waals surface area contributed by atoms with E-state index in [1.807, 2.05) is 19.3 Å². The van der Waals surface area contributed by atoms with E-state index < -0.39 is 5.82 Å². The van der Waals surface area contributed by atoms with Gasteiger partial charge in [-0.25, -0.2) is 8.78 Å². The molecular formula is C26H26F2N4O2. The molecule has 34 heavy (non-hydrogen) atoms. The zero-order chi connectivity index (χ0) is 23.7. The molecule has 0 radical (unpaired) electrons. The van der Waals surface area contributed by atoms with Crippen LogP contribution in [0.15, 0.2) is 55.0 Å². The number of ether oxygens (including phenoxy) is 1. The number of aryl methyl sites for hydroxylation is 1. The average Bonchev–Trinajstić information content (AvgIpc) is 3.40. The van der Waals surface area contributed by atoms with Gasteiger partial charge in [-0.05, 0) is 42.2 Å². The van der Waals surface area contributed by atoms with E-state index in [-0.39, 0.29) is 30.7 Å². The number of aromatic nitrogens is 3. The lowest BCUT2D eigenvalue weighted by Crippen LogP contribution is -2.39. The van der Waals surface area contributed by atoms with Gasteiger partial charge in [0.1, 0.15) is 11.6 Å². The maximum atomic E-state index is 15.0. The predicted octanol–water partition coefficient (Wildman–Crippen LogP) is 4.21. The van der Waals surface area contributed by atoms with Gasteiger partial charge in [-0.15, -0.1) is 0 Å². The Morgan fingerprint density at radius 1 is 1.09 bits per heavy atom. The van der Waals surface area contributed by atoms with Crippen molar-refractivity contribution in [2.45, 2.75) is 31.8 Å². The summed E-state index contributed by atoms with van der Waals surface area (Å²) in [4.78, 5) is 12.7. The first kappa shape index (κ1) is 22.3. The topological polar surface area (TPSA) is 61.1 Å². The van der Waals surface area contributed by atoms with E-state index >= 15 is 0 Å². The number of fused-ring (bicyclic) bond motifs is 1. The minimum Gasteiger partial charge on any atom is -0.381 e. The summed E-state index contributed by atoms with van der Waals surface area (Å²) in [5, 5.41) is 7.56. The number of nitrogens with zero attached hydrogens (tertiary/aromatic N) is 3. The minimum atomic E-state index is -0.391. The van der Waals surface area contributed by atoms with Crippen molar-refractivity contribution in [1.29, 1.82) is 0 Å². The molecule has 0 unspecified atom stereocenters. The fourth-order valence-corrected chi connectivity index (χ4v) is 4.56. The summed E-state index contributed by atoms with van der Waals surface area (Å²) in [7, 11) is 1.81. The Hall–Kier alpha value is -3.52. The molecule has 1 N–H and O–H groups in total. The Balaban J connectivity index is 1.40. The number of rotatable bonds is 6. The third kappa shape index (κ3) is 4.59. The van der Waals surface area contributed by atoms with Gasteiger partial charge in [0.15, 0.2) is 0 Å². The molecule has 0 atom stereocenters. The number of halogens is 2. The second kappa shape index (κ2) is 9.38. The van der Waals surface area contributed by atoms with Crippen LogP contribution in [-0.2, 0) is 29.5 Å². The first-order valence-electron chi connectivity index (χ1n) is 11.4. The van der Waals surface area contributed by atoms with Gasteiger partial charge in [0.25, 0.3) is 0 Å². The van der Waals surface area contributed by atoms with Gasteiger partial charge >= 0.3 is 0 Å². The highest BCUT2D eigenvalue weighted by Gasteiger charge is 2.20. The number of amides is 1. The summed E-state index contributed by atoms with van der Waals surface area (Å²) in [6, 6.07) is 9.95. The first-order valence-corrected chi connectivity index (χ1v) is 11.4. The second-order valence-corrected chi connectivity index (χ2v) is 8.76. The molecule has 1 saturated heterocycles. The van der Waals surface area contributed by atoms with E-state index in [1.165, 1.54) is 12.1 Å². The highest BCUT2D eigenvalue weighted by atomic mass is 19.1. The second-order valence-electron chi connectivity index (χ2n) is 8.76. The van der Waals surface area contributed by atoms with Crippen LogP contribution in [0.4, 0.5) is 8.78 Å². The highest BCUT2D eigenvalue weighted by molar-refractivity contribution is 5.90. The van der Waals surface area contributed by atoms with Crippen LogP contribution < -0.4 is 5.32 Å². The molecule has 1 aliphatic rings. The molecule has 2 aromatic carbocycles. The minimum absolute atomic E-state index is 0.0597. The van der Waals surface area contributed by atoms with Gasteiger partial charge in [-0.1, -0.05) is 18.2 Å². The third-order valence-corrected chi connectivity index (χ3v) is 6.30. The number of hydrogen-bond acceptors (Lipinski definition) is 3. The number of carbonyl (C=O) groups is 1. The molecule has 176 valence electrons. The molecule has 3 heterocycles.